The third-order valence-electron chi connectivity index (χ3n) is 3.22. The number of benzene rings is 2. The Labute approximate surface area is 118 Å². The number of anilines is 1. The number of aryl methyl sites for hydroxylation is 1. The molecule has 0 aliphatic heterocycles. The van der Waals surface area contributed by atoms with Gasteiger partial charge in [-0.2, -0.15) is 0 Å². The first-order valence-electron chi connectivity index (χ1n) is 6.44. The number of carbonyl (C=O) groups excluding carboxylic acids is 1. The van der Waals surface area contributed by atoms with Crippen molar-refractivity contribution in [1.82, 2.24) is 5.32 Å². The second-order valence-electron chi connectivity index (χ2n) is 4.69. The van der Waals surface area contributed by atoms with Gasteiger partial charge in [0.15, 0.2) is 0 Å². The van der Waals surface area contributed by atoms with E-state index in [-0.39, 0.29) is 12.5 Å². The second-order valence-corrected chi connectivity index (χ2v) is 4.69. The Kier molecular flexibility index (Phi) is 4.38. The average molecular weight is 270 g/mol. The summed E-state index contributed by atoms with van der Waals surface area (Å²) in [7, 11) is 0. The smallest absolute Gasteiger partial charge is 0.251 e. The minimum Gasteiger partial charge on any atom is -0.399 e. The molecule has 0 heterocycles. The van der Waals surface area contributed by atoms with E-state index in [0.717, 1.165) is 11.1 Å². The van der Waals surface area contributed by atoms with E-state index in [1.54, 1.807) is 18.2 Å². The van der Waals surface area contributed by atoms with E-state index in [1.165, 1.54) is 0 Å². The van der Waals surface area contributed by atoms with Crippen LogP contribution in [-0.4, -0.2) is 17.6 Å². The summed E-state index contributed by atoms with van der Waals surface area (Å²) in [6.45, 7) is 1.70. The highest BCUT2D eigenvalue weighted by Crippen LogP contribution is 2.15. The van der Waals surface area contributed by atoms with Crippen LogP contribution in [0.4, 0.5) is 5.69 Å². The van der Waals surface area contributed by atoms with Crippen LogP contribution in [0.2, 0.25) is 0 Å². The fraction of sp³-hybridized carbons (Fsp3) is 0.188. The number of nitrogen functional groups attached to an aromatic ring is 1. The highest BCUT2D eigenvalue weighted by Gasteiger charge is 2.15. The van der Waals surface area contributed by atoms with E-state index in [4.69, 9.17) is 5.73 Å². The third kappa shape index (κ3) is 3.16. The molecular formula is C16H18N2O2. The quantitative estimate of drug-likeness (QED) is 0.744. The molecule has 0 aliphatic carbocycles. The van der Waals surface area contributed by atoms with Gasteiger partial charge in [-0.1, -0.05) is 30.3 Å². The molecule has 0 saturated heterocycles. The van der Waals surface area contributed by atoms with Crippen molar-refractivity contribution in [3.8, 4) is 0 Å². The summed E-state index contributed by atoms with van der Waals surface area (Å²) in [6, 6.07) is 14.1. The van der Waals surface area contributed by atoms with Crippen LogP contribution in [0.25, 0.3) is 0 Å². The molecule has 2 aromatic carbocycles. The van der Waals surface area contributed by atoms with Gasteiger partial charge in [0.1, 0.15) is 0 Å². The van der Waals surface area contributed by atoms with E-state index in [9.17, 15) is 9.90 Å². The number of aliphatic hydroxyl groups excluding tert-OH is 1. The van der Waals surface area contributed by atoms with Crippen molar-refractivity contribution in [3.63, 3.8) is 0 Å². The molecule has 1 atom stereocenters. The van der Waals surface area contributed by atoms with Crippen molar-refractivity contribution in [3.05, 3.63) is 65.2 Å². The van der Waals surface area contributed by atoms with E-state index in [2.05, 4.69) is 5.32 Å². The first-order chi connectivity index (χ1) is 9.61. The Morgan fingerprint density at radius 2 is 1.95 bits per heavy atom. The van der Waals surface area contributed by atoms with Gasteiger partial charge in [-0.3, -0.25) is 4.79 Å². The number of hydrogen-bond acceptors (Lipinski definition) is 3. The van der Waals surface area contributed by atoms with Gasteiger partial charge in [0.05, 0.1) is 12.6 Å². The first kappa shape index (κ1) is 14.1. The topological polar surface area (TPSA) is 75.3 Å². The highest BCUT2D eigenvalue weighted by molar-refractivity contribution is 5.95. The SMILES string of the molecule is Cc1cc(C(=O)N[C@@H](CO)c2ccccc2)ccc1N. The van der Waals surface area contributed by atoms with Crippen molar-refractivity contribution in [2.75, 3.05) is 12.3 Å². The molecule has 4 N–H and O–H groups in total. The lowest BCUT2D eigenvalue weighted by Gasteiger charge is -2.17. The van der Waals surface area contributed by atoms with Gasteiger partial charge in [-0.15, -0.1) is 0 Å². The largest absolute Gasteiger partial charge is 0.399 e. The second kappa shape index (κ2) is 6.21. The molecule has 0 bridgehead atoms. The summed E-state index contributed by atoms with van der Waals surface area (Å²) in [5.41, 5.74) is 8.65. The zero-order chi connectivity index (χ0) is 14.5. The minimum absolute atomic E-state index is 0.149. The summed E-state index contributed by atoms with van der Waals surface area (Å²) >= 11 is 0. The molecule has 1 amide bonds. The van der Waals surface area contributed by atoms with Crippen LogP contribution in [0.1, 0.15) is 27.5 Å². The normalized spacial score (nSPS) is 11.9. The monoisotopic (exact) mass is 270 g/mol. The van der Waals surface area contributed by atoms with Crippen LogP contribution in [-0.2, 0) is 0 Å². The number of nitrogens with one attached hydrogen (secondary N) is 1. The van der Waals surface area contributed by atoms with Crippen molar-refractivity contribution >= 4 is 11.6 Å². The molecule has 0 unspecified atom stereocenters. The summed E-state index contributed by atoms with van der Waals surface area (Å²) in [5.74, 6) is -0.226. The number of amides is 1. The molecule has 2 aromatic rings. The van der Waals surface area contributed by atoms with E-state index in [0.29, 0.717) is 11.3 Å². The molecule has 104 valence electrons. The summed E-state index contributed by atoms with van der Waals surface area (Å²) in [5, 5.41) is 12.3. The highest BCUT2D eigenvalue weighted by atomic mass is 16.3. The van der Waals surface area contributed by atoms with Crippen LogP contribution < -0.4 is 11.1 Å². The van der Waals surface area contributed by atoms with Crippen molar-refractivity contribution in [1.29, 1.82) is 0 Å². The van der Waals surface area contributed by atoms with Gasteiger partial charge in [0.25, 0.3) is 5.91 Å². The van der Waals surface area contributed by atoms with Gasteiger partial charge in [-0.05, 0) is 36.2 Å². The van der Waals surface area contributed by atoms with Gasteiger partial charge in [0.2, 0.25) is 0 Å². The van der Waals surface area contributed by atoms with Crippen LogP contribution in [0.15, 0.2) is 48.5 Å². The molecule has 20 heavy (non-hydrogen) atoms. The molecular weight excluding hydrogens is 252 g/mol. The standard InChI is InChI=1S/C16H18N2O2/c1-11-9-13(7-8-14(11)17)16(20)18-15(10-19)12-5-3-2-4-6-12/h2-9,15,19H,10,17H2,1H3,(H,18,20)/t15-/m0/s1. The van der Waals surface area contributed by atoms with E-state index >= 15 is 0 Å². The molecule has 0 aliphatic rings. The summed E-state index contributed by atoms with van der Waals surface area (Å²) < 4.78 is 0. The average Bonchev–Trinajstić information content (AvgIpc) is 2.48. The van der Waals surface area contributed by atoms with E-state index < -0.39 is 6.04 Å². The molecule has 0 spiro atoms. The van der Waals surface area contributed by atoms with Crippen LogP contribution in [0.3, 0.4) is 0 Å². The molecule has 0 radical (unpaired) electrons. The fourth-order valence-corrected chi connectivity index (χ4v) is 1.98. The molecule has 4 heteroatoms. The first-order valence-corrected chi connectivity index (χ1v) is 6.44. The summed E-state index contributed by atoms with van der Waals surface area (Å²) in [6.07, 6.45) is 0. The minimum atomic E-state index is -0.415. The van der Waals surface area contributed by atoms with Crippen LogP contribution in [0.5, 0.6) is 0 Å². The number of aliphatic hydroxyl groups is 1. The van der Waals surface area contributed by atoms with Crippen molar-refractivity contribution in [2.45, 2.75) is 13.0 Å². The number of carbonyl (C=O) groups is 1. The zero-order valence-corrected chi connectivity index (χ0v) is 11.3. The number of nitrogens with two attached hydrogens (primary N) is 1. The maximum atomic E-state index is 12.2. The molecule has 0 saturated carbocycles. The summed E-state index contributed by atoms with van der Waals surface area (Å²) in [4.78, 5) is 12.2. The molecule has 4 nitrogen and oxygen atoms in total. The van der Waals surface area contributed by atoms with Gasteiger partial charge < -0.3 is 16.2 Å². The van der Waals surface area contributed by atoms with E-state index in [1.807, 2.05) is 37.3 Å². The van der Waals surface area contributed by atoms with Gasteiger partial charge >= 0.3 is 0 Å². The third-order valence-corrected chi connectivity index (χ3v) is 3.22. The lowest BCUT2D eigenvalue weighted by Crippen LogP contribution is -2.30. The maximum Gasteiger partial charge on any atom is 0.251 e. The fourth-order valence-electron chi connectivity index (χ4n) is 1.98. The molecule has 0 aromatic heterocycles. The molecule has 0 fully saturated rings. The van der Waals surface area contributed by atoms with Crippen molar-refractivity contribution < 1.29 is 9.90 Å². The predicted octanol–water partition coefficient (Wildman–Crippen LogP) is 2.04. The Hall–Kier alpha value is -2.33. The Morgan fingerprint density at radius 3 is 2.55 bits per heavy atom. The lowest BCUT2D eigenvalue weighted by molar-refractivity contribution is 0.0916. The van der Waals surface area contributed by atoms with Crippen molar-refractivity contribution in [2.24, 2.45) is 0 Å². The zero-order valence-electron chi connectivity index (χ0n) is 11.3. The Morgan fingerprint density at radius 1 is 1.25 bits per heavy atom. The maximum absolute atomic E-state index is 12.2. The number of hydrogen-bond donors (Lipinski definition) is 3. The van der Waals surface area contributed by atoms with Crippen LogP contribution in [0, 0.1) is 6.92 Å². The predicted molar refractivity (Wildman–Crippen MR) is 79.3 cm³/mol. The Bertz CT molecular complexity index is 597. The number of rotatable bonds is 4. The lowest BCUT2D eigenvalue weighted by atomic mass is 10.1. The van der Waals surface area contributed by atoms with Gasteiger partial charge in [-0.25, -0.2) is 0 Å². The van der Waals surface area contributed by atoms with Crippen LogP contribution >= 0.6 is 0 Å². The van der Waals surface area contributed by atoms with Gasteiger partial charge in [0, 0.05) is 11.3 Å². The molecule has 2 rings (SSSR count). The Balaban J connectivity index is 2.15.